The van der Waals surface area contributed by atoms with E-state index < -0.39 is 0 Å². The Morgan fingerprint density at radius 3 is 2.54 bits per heavy atom. The quantitative estimate of drug-likeness (QED) is 0.613. The van der Waals surface area contributed by atoms with Gasteiger partial charge in [-0.3, -0.25) is 4.79 Å². The lowest BCUT2D eigenvalue weighted by atomic mass is 9.87. The van der Waals surface area contributed by atoms with Crippen molar-refractivity contribution >= 4 is 12.0 Å². The average molecular weight is 389 g/mol. The van der Waals surface area contributed by atoms with Gasteiger partial charge in [0.1, 0.15) is 6.61 Å². The van der Waals surface area contributed by atoms with Crippen molar-refractivity contribution in [2.24, 2.45) is 5.92 Å². The van der Waals surface area contributed by atoms with Crippen LogP contribution in [0.25, 0.3) is 6.08 Å². The standard InChI is InChI=1S/C23H36N2O3/c1-5-25(6-2)15-16-28-21-13-9-19(17-22(21)27-4)10-14-23(26)24-20-11-7-18(3)8-12-20/h9-10,13-14,17-18,20H,5-8,11-12,15-16H2,1-4H3,(H,24,26)/b14-10+/t18-,20-. The van der Waals surface area contributed by atoms with Crippen LogP contribution in [-0.2, 0) is 4.79 Å². The van der Waals surface area contributed by atoms with Crippen LogP contribution in [0, 0.1) is 5.92 Å². The molecule has 0 aromatic heterocycles. The summed E-state index contributed by atoms with van der Waals surface area (Å²) >= 11 is 0. The molecule has 156 valence electrons. The summed E-state index contributed by atoms with van der Waals surface area (Å²) < 4.78 is 11.3. The number of benzene rings is 1. The van der Waals surface area contributed by atoms with Gasteiger partial charge in [0.2, 0.25) is 5.91 Å². The normalized spacial score (nSPS) is 19.8. The van der Waals surface area contributed by atoms with Gasteiger partial charge in [0.25, 0.3) is 0 Å². The first-order valence-corrected chi connectivity index (χ1v) is 10.6. The molecule has 1 fully saturated rings. The number of hydrogen-bond donors (Lipinski definition) is 1. The summed E-state index contributed by atoms with van der Waals surface area (Å²) in [5.41, 5.74) is 0.917. The zero-order valence-electron chi connectivity index (χ0n) is 17.9. The first kappa shape index (κ1) is 22.3. The van der Waals surface area contributed by atoms with Crippen LogP contribution in [0.1, 0.15) is 52.0 Å². The van der Waals surface area contributed by atoms with E-state index in [0.29, 0.717) is 18.4 Å². The molecule has 2 rings (SSSR count). The summed E-state index contributed by atoms with van der Waals surface area (Å²) in [7, 11) is 1.64. The highest BCUT2D eigenvalue weighted by atomic mass is 16.5. The zero-order valence-corrected chi connectivity index (χ0v) is 17.9. The van der Waals surface area contributed by atoms with Crippen LogP contribution in [-0.4, -0.2) is 50.2 Å². The van der Waals surface area contributed by atoms with Gasteiger partial charge in [0.15, 0.2) is 11.5 Å². The third-order valence-electron chi connectivity index (χ3n) is 5.54. The Bertz CT molecular complexity index is 633. The largest absolute Gasteiger partial charge is 0.493 e. The van der Waals surface area contributed by atoms with E-state index in [2.05, 4.69) is 31.0 Å². The number of hydrogen-bond acceptors (Lipinski definition) is 4. The van der Waals surface area contributed by atoms with Crippen LogP contribution >= 0.6 is 0 Å². The van der Waals surface area contributed by atoms with Gasteiger partial charge in [0.05, 0.1) is 7.11 Å². The van der Waals surface area contributed by atoms with Gasteiger partial charge in [-0.2, -0.15) is 0 Å². The van der Waals surface area contributed by atoms with Gasteiger partial charge < -0.3 is 19.7 Å². The molecule has 0 bridgehead atoms. The van der Waals surface area contributed by atoms with E-state index in [1.165, 1.54) is 12.8 Å². The van der Waals surface area contributed by atoms with Crippen molar-refractivity contribution in [3.05, 3.63) is 29.8 Å². The molecule has 0 spiro atoms. The van der Waals surface area contributed by atoms with E-state index in [1.807, 2.05) is 24.3 Å². The molecule has 5 heteroatoms. The Hall–Kier alpha value is -2.01. The minimum absolute atomic E-state index is 0.0296. The molecule has 1 amide bonds. The van der Waals surface area contributed by atoms with Crippen molar-refractivity contribution in [2.75, 3.05) is 33.4 Å². The molecule has 0 atom stereocenters. The first-order valence-electron chi connectivity index (χ1n) is 10.6. The number of methoxy groups -OCH3 is 1. The van der Waals surface area contributed by atoms with E-state index in [9.17, 15) is 4.79 Å². The predicted molar refractivity (Wildman–Crippen MR) is 115 cm³/mol. The minimum Gasteiger partial charge on any atom is -0.493 e. The van der Waals surface area contributed by atoms with Gasteiger partial charge >= 0.3 is 0 Å². The van der Waals surface area contributed by atoms with Gasteiger partial charge in [-0.25, -0.2) is 0 Å². The minimum atomic E-state index is -0.0296. The molecule has 0 aliphatic heterocycles. The monoisotopic (exact) mass is 388 g/mol. The third kappa shape index (κ3) is 7.19. The molecule has 28 heavy (non-hydrogen) atoms. The number of carbonyl (C=O) groups is 1. The molecular formula is C23H36N2O3. The Morgan fingerprint density at radius 1 is 1.18 bits per heavy atom. The smallest absolute Gasteiger partial charge is 0.244 e. The topological polar surface area (TPSA) is 50.8 Å². The Labute approximate surface area is 170 Å². The number of nitrogens with one attached hydrogen (secondary N) is 1. The summed E-state index contributed by atoms with van der Waals surface area (Å²) in [5.74, 6) is 2.16. The lowest BCUT2D eigenvalue weighted by Crippen LogP contribution is -2.36. The number of likely N-dealkylation sites (N-methyl/N-ethyl adjacent to an activating group) is 1. The first-order chi connectivity index (χ1) is 13.5. The van der Waals surface area contributed by atoms with E-state index in [-0.39, 0.29) is 5.91 Å². The SMILES string of the molecule is CCN(CC)CCOc1ccc(/C=C/C(=O)N[C@H]2CC[C@H](C)CC2)cc1OC. The van der Waals surface area contributed by atoms with E-state index in [1.54, 1.807) is 13.2 Å². The molecule has 1 aromatic rings. The lowest BCUT2D eigenvalue weighted by molar-refractivity contribution is -0.117. The summed E-state index contributed by atoms with van der Waals surface area (Å²) in [5, 5.41) is 3.11. The van der Waals surface area contributed by atoms with Crippen LogP contribution < -0.4 is 14.8 Å². The van der Waals surface area contributed by atoms with E-state index >= 15 is 0 Å². The van der Waals surface area contributed by atoms with Gasteiger partial charge in [-0.05, 0) is 68.5 Å². The van der Waals surface area contributed by atoms with Crippen LogP contribution in [0.15, 0.2) is 24.3 Å². The van der Waals surface area contributed by atoms with Crippen molar-refractivity contribution in [2.45, 2.75) is 52.5 Å². The van der Waals surface area contributed by atoms with Crippen LogP contribution in [0.4, 0.5) is 0 Å². The number of rotatable bonds is 10. The van der Waals surface area contributed by atoms with Crippen molar-refractivity contribution in [1.29, 1.82) is 0 Å². The molecule has 0 heterocycles. The van der Waals surface area contributed by atoms with E-state index in [4.69, 9.17) is 9.47 Å². The fourth-order valence-corrected chi connectivity index (χ4v) is 3.56. The third-order valence-corrected chi connectivity index (χ3v) is 5.54. The summed E-state index contributed by atoms with van der Waals surface area (Å²) in [6.07, 6.45) is 7.97. The highest BCUT2D eigenvalue weighted by Gasteiger charge is 2.18. The van der Waals surface area contributed by atoms with Gasteiger partial charge in [-0.15, -0.1) is 0 Å². The number of ether oxygens (including phenoxy) is 2. The van der Waals surface area contributed by atoms with Crippen LogP contribution in [0.2, 0.25) is 0 Å². The summed E-state index contributed by atoms with van der Waals surface area (Å²) in [4.78, 5) is 14.5. The molecule has 0 saturated heterocycles. The fourth-order valence-electron chi connectivity index (χ4n) is 3.56. The molecule has 1 aromatic carbocycles. The molecule has 1 aliphatic rings. The molecule has 1 N–H and O–H groups in total. The van der Waals surface area contributed by atoms with Crippen LogP contribution in [0.5, 0.6) is 11.5 Å². The molecule has 1 saturated carbocycles. The maximum Gasteiger partial charge on any atom is 0.244 e. The average Bonchev–Trinajstić information content (AvgIpc) is 2.72. The molecule has 1 aliphatic carbocycles. The predicted octanol–water partition coefficient (Wildman–Crippen LogP) is 4.12. The number of carbonyl (C=O) groups excluding carboxylic acids is 1. The molecule has 5 nitrogen and oxygen atoms in total. The van der Waals surface area contributed by atoms with Gasteiger partial charge in [-0.1, -0.05) is 26.8 Å². The second kappa shape index (κ2) is 11.7. The van der Waals surface area contributed by atoms with Crippen molar-refractivity contribution < 1.29 is 14.3 Å². The number of amides is 1. The Balaban J connectivity index is 1.87. The summed E-state index contributed by atoms with van der Waals surface area (Å²) in [6.45, 7) is 10.1. The second-order valence-electron chi connectivity index (χ2n) is 7.58. The Kier molecular flexibility index (Phi) is 9.35. The highest BCUT2D eigenvalue weighted by Crippen LogP contribution is 2.28. The maximum atomic E-state index is 12.2. The molecule has 0 unspecified atom stereocenters. The van der Waals surface area contributed by atoms with Crippen molar-refractivity contribution in [3.8, 4) is 11.5 Å². The van der Waals surface area contributed by atoms with Crippen molar-refractivity contribution in [3.63, 3.8) is 0 Å². The number of nitrogens with zero attached hydrogens (tertiary/aromatic N) is 1. The lowest BCUT2D eigenvalue weighted by Gasteiger charge is -2.26. The van der Waals surface area contributed by atoms with Gasteiger partial charge in [0, 0.05) is 18.7 Å². The second-order valence-corrected chi connectivity index (χ2v) is 7.58. The fraction of sp³-hybridized carbons (Fsp3) is 0.609. The zero-order chi connectivity index (χ0) is 20.4. The summed E-state index contributed by atoms with van der Waals surface area (Å²) in [6, 6.07) is 6.06. The molecule has 0 radical (unpaired) electrons. The highest BCUT2D eigenvalue weighted by molar-refractivity contribution is 5.92. The van der Waals surface area contributed by atoms with Crippen LogP contribution in [0.3, 0.4) is 0 Å². The Morgan fingerprint density at radius 2 is 1.89 bits per heavy atom. The molecular weight excluding hydrogens is 352 g/mol. The maximum absolute atomic E-state index is 12.2. The van der Waals surface area contributed by atoms with E-state index in [0.717, 1.165) is 49.7 Å². The van der Waals surface area contributed by atoms with Crippen molar-refractivity contribution in [1.82, 2.24) is 10.2 Å².